The van der Waals surface area contributed by atoms with Crippen LogP contribution >= 0.6 is 0 Å². The minimum atomic E-state index is 0.132. The zero-order valence-electron chi connectivity index (χ0n) is 4.87. The Morgan fingerprint density at radius 1 is 1.88 bits per heavy atom. The molecule has 0 radical (unpaired) electrons. The second-order valence-corrected chi connectivity index (χ2v) is 1.65. The van der Waals surface area contributed by atoms with Crippen molar-refractivity contribution in [2.45, 2.75) is 13.2 Å². The van der Waals surface area contributed by atoms with E-state index in [4.69, 9.17) is 4.74 Å². The summed E-state index contributed by atoms with van der Waals surface area (Å²) >= 11 is 0. The summed E-state index contributed by atoms with van der Waals surface area (Å²) < 4.78 is 5.03. The lowest BCUT2D eigenvalue weighted by atomic mass is 10.6. The maximum absolute atomic E-state index is 5.03. The third-order valence-corrected chi connectivity index (χ3v) is 1.14. The van der Waals surface area contributed by atoms with Crippen molar-refractivity contribution in [2.75, 3.05) is 0 Å². The summed E-state index contributed by atoms with van der Waals surface area (Å²) in [6.07, 6.45) is 5.37. The number of nitrogens with zero attached hydrogens (tertiary/aromatic N) is 1. The second kappa shape index (κ2) is 1.90. The van der Waals surface area contributed by atoms with Crippen LogP contribution in [0.3, 0.4) is 0 Å². The molecule has 44 valence electrons. The number of hydrogen-bond acceptors (Lipinski definition) is 2. The SMILES string of the molecule is C=CN1C=COC1C. The summed E-state index contributed by atoms with van der Waals surface area (Å²) in [6, 6.07) is 0. The van der Waals surface area contributed by atoms with Crippen LogP contribution in [0.1, 0.15) is 6.92 Å². The van der Waals surface area contributed by atoms with Gasteiger partial charge in [-0.3, -0.25) is 0 Å². The van der Waals surface area contributed by atoms with Crippen molar-refractivity contribution in [1.29, 1.82) is 0 Å². The van der Waals surface area contributed by atoms with Crippen molar-refractivity contribution in [1.82, 2.24) is 4.90 Å². The predicted molar refractivity (Wildman–Crippen MR) is 31.7 cm³/mol. The molecule has 1 aliphatic heterocycles. The molecule has 0 fully saturated rings. The molecule has 1 heterocycles. The average molecular weight is 111 g/mol. The summed E-state index contributed by atoms with van der Waals surface area (Å²) in [7, 11) is 0. The van der Waals surface area contributed by atoms with E-state index in [0.29, 0.717) is 0 Å². The van der Waals surface area contributed by atoms with Gasteiger partial charge >= 0.3 is 0 Å². The van der Waals surface area contributed by atoms with Crippen molar-refractivity contribution in [3.05, 3.63) is 25.2 Å². The molecule has 0 saturated carbocycles. The van der Waals surface area contributed by atoms with Gasteiger partial charge in [-0.2, -0.15) is 0 Å². The van der Waals surface area contributed by atoms with Crippen molar-refractivity contribution in [2.24, 2.45) is 0 Å². The molecule has 8 heavy (non-hydrogen) atoms. The minimum absolute atomic E-state index is 0.132. The van der Waals surface area contributed by atoms with Gasteiger partial charge in [-0.25, -0.2) is 0 Å². The van der Waals surface area contributed by atoms with E-state index < -0.39 is 0 Å². The number of rotatable bonds is 1. The molecule has 0 aliphatic carbocycles. The first kappa shape index (κ1) is 5.22. The Labute approximate surface area is 49.1 Å². The van der Waals surface area contributed by atoms with E-state index in [1.807, 2.05) is 18.0 Å². The molecule has 1 atom stereocenters. The Morgan fingerprint density at radius 3 is 2.88 bits per heavy atom. The fourth-order valence-electron chi connectivity index (χ4n) is 0.620. The van der Waals surface area contributed by atoms with Gasteiger partial charge < -0.3 is 9.64 Å². The molecule has 0 aromatic heterocycles. The largest absolute Gasteiger partial charge is 0.477 e. The van der Waals surface area contributed by atoms with Gasteiger partial charge in [0, 0.05) is 12.4 Å². The van der Waals surface area contributed by atoms with E-state index in [-0.39, 0.29) is 6.23 Å². The van der Waals surface area contributed by atoms with Crippen molar-refractivity contribution in [3.8, 4) is 0 Å². The Hall–Kier alpha value is -0.920. The van der Waals surface area contributed by atoms with Crippen LogP contribution in [0.25, 0.3) is 0 Å². The summed E-state index contributed by atoms with van der Waals surface area (Å²) in [4.78, 5) is 1.89. The third-order valence-electron chi connectivity index (χ3n) is 1.14. The standard InChI is InChI=1S/C6H9NO/c1-3-7-4-5-8-6(7)2/h3-6H,1H2,2H3. The van der Waals surface area contributed by atoms with Crippen LogP contribution in [0.2, 0.25) is 0 Å². The molecule has 0 bridgehead atoms. The molecular weight excluding hydrogens is 102 g/mol. The summed E-state index contributed by atoms with van der Waals surface area (Å²) in [5.74, 6) is 0. The molecule has 1 unspecified atom stereocenters. The van der Waals surface area contributed by atoms with Gasteiger partial charge in [-0.05, 0) is 6.92 Å². The molecule has 0 aromatic carbocycles. The highest BCUT2D eigenvalue weighted by molar-refractivity contribution is 4.90. The topological polar surface area (TPSA) is 12.5 Å². The zero-order chi connectivity index (χ0) is 5.98. The molecule has 1 aliphatic rings. The Kier molecular flexibility index (Phi) is 1.24. The van der Waals surface area contributed by atoms with Gasteiger partial charge in [0.2, 0.25) is 0 Å². The fourth-order valence-corrected chi connectivity index (χ4v) is 0.620. The first-order valence-corrected chi connectivity index (χ1v) is 2.56. The van der Waals surface area contributed by atoms with Gasteiger partial charge in [-0.1, -0.05) is 6.58 Å². The van der Waals surface area contributed by atoms with Crippen LogP contribution in [0.5, 0.6) is 0 Å². The van der Waals surface area contributed by atoms with Crippen LogP contribution in [0, 0.1) is 0 Å². The Morgan fingerprint density at radius 2 is 2.62 bits per heavy atom. The molecule has 0 N–H and O–H groups in total. The lowest BCUT2D eigenvalue weighted by Gasteiger charge is -2.14. The zero-order valence-corrected chi connectivity index (χ0v) is 4.87. The Bertz CT molecular complexity index is 120. The number of hydrogen-bond donors (Lipinski definition) is 0. The first-order chi connectivity index (χ1) is 3.84. The van der Waals surface area contributed by atoms with E-state index in [9.17, 15) is 0 Å². The molecule has 2 heteroatoms. The molecule has 1 rings (SSSR count). The van der Waals surface area contributed by atoms with Crippen LogP contribution < -0.4 is 0 Å². The van der Waals surface area contributed by atoms with Gasteiger partial charge in [0.05, 0.1) is 0 Å². The molecule has 0 spiro atoms. The van der Waals surface area contributed by atoms with E-state index in [2.05, 4.69) is 6.58 Å². The van der Waals surface area contributed by atoms with Crippen LogP contribution in [-0.2, 0) is 4.74 Å². The highest BCUT2D eigenvalue weighted by Gasteiger charge is 2.09. The van der Waals surface area contributed by atoms with Gasteiger partial charge in [0.25, 0.3) is 0 Å². The molecule has 0 amide bonds. The summed E-state index contributed by atoms with van der Waals surface area (Å²) in [5, 5.41) is 0. The van der Waals surface area contributed by atoms with Crippen LogP contribution in [-0.4, -0.2) is 11.1 Å². The normalized spacial score (nSPS) is 25.6. The average Bonchev–Trinajstić information content (AvgIpc) is 2.14. The highest BCUT2D eigenvalue weighted by atomic mass is 16.5. The minimum Gasteiger partial charge on any atom is -0.477 e. The van der Waals surface area contributed by atoms with E-state index in [1.54, 1.807) is 12.5 Å². The van der Waals surface area contributed by atoms with E-state index in [0.717, 1.165) is 0 Å². The van der Waals surface area contributed by atoms with E-state index >= 15 is 0 Å². The number of ether oxygens (including phenoxy) is 1. The quantitative estimate of drug-likeness (QED) is 0.505. The maximum atomic E-state index is 5.03. The first-order valence-electron chi connectivity index (χ1n) is 2.56. The third kappa shape index (κ3) is 0.689. The summed E-state index contributed by atoms with van der Waals surface area (Å²) in [6.45, 7) is 5.55. The highest BCUT2D eigenvalue weighted by Crippen LogP contribution is 2.08. The van der Waals surface area contributed by atoms with Crippen molar-refractivity contribution >= 4 is 0 Å². The molecular formula is C6H9NO. The summed E-state index contributed by atoms with van der Waals surface area (Å²) in [5.41, 5.74) is 0. The fraction of sp³-hybridized carbons (Fsp3) is 0.333. The lowest BCUT2D eigenvalue weighted by molar-refractivity contribution is 0.103. The second-order valence-electron chi connectivity index (χ2n) is 1.65. The smallest absolute Gasteiger partial charge is 0.172 e. The van der Waals surface area contributed by atoms with Gasteiger partial charge in [0.1, 0.15) is 6.26 Å². The molecule has 0 aromatic rings. The monoisotopic (exact) mass is 111 g/mol. The van der Waals surface area contributed by atoms with Crippen LogP contribution in [0.15, 0.2) is 25.2 Å². The van der Waals surface area contributed by atoms with Gasteiger partial charge in [0.15, 0.2) is 6.23 Å². The Balaban J connectivity index is 2.52. The van der Waals surface area contributed by atoms with Crippen molar-refractivity contribution in [3.63, 3.8) is 0 Å². The molecule has 0 saturated heterocycles. The van der Waals surface area contributed by atoms with Crippen molar-refractivity contribution < 1.29 is 4.74 Å². The molecule has 2 nitrogen and oxygen atoms in total. The maximum Gasteiger partial charge on any atom is 0.172 e. The van der Waals surface area contributed by atoms with E-state index in [1.165, 1.54) is 0 Å². The van der Waals surface area contributed by atoms with Gasteiger partial charge in [-0.15, -0.1) is 0 Å². The lowest BCUT2D eigenvalue weighted by Crippen LogP contribution is -2.17. The van der Waals surface area contributed by atoms with Crippen LogP contribution in [0.4, 0.5) is 0 Å². The predicted octanol–water partition coefficient (Wildman–Crippen LogP) is 1.28.